The van der Waals surface area contributed by atoms with Crippen molar-refractivity contribution in [1.29, 1.82) is 0 Å². The summed E-state index contributed by atoms with van der Waals surface area (Å²) in [4.78, 5) is 24.3. The van der Waals surface area contributed by atoms with Gasteiger partial charge in [-0.25, -0.2) is 0 Å². The quantitative estimate of drug-likeness (QED) is 0.0974. The third kappa shape index (κ3) is 6.22. The number of ketones is 1. The van der Waals surface area contributed by atoms with E-state index in [1.165, 1.54) is 51.0 Å². The molecule has 0 spiro atoms. The van der Waals surface area contributed by atoms with Crippen LogP contribution in [-0.2, 0) is 4.79 Å². The highest BCUT2D eigenvalue weighted by atomic mass is 16.6. The largest absolute Gasteiger partial charge is 0.399 e. The molecule has 0 radical (unpaired) electrons. The second-order valence-electron chi connectivity index (χ2n) is 13.3. The molecular weight excluding hydrogens is 488 g/mol. The van der Waals surface area contributed by atoms with E-state index >= 15 is 0 Å². The molecule has 1 aromatic rings. The minimum atomic E-state index is -0.445. The second-order valence-corrected chi connectivity index (χ2v) is 13.3. The smallest absolute Gasteiger partial charge is 0.296 e. The highest BCUT2D eigenvalue weighted by molar-refractivity contribution is 5.95. The molecule has 0 aromatic heterocycles. The number of hydrogen-bond donors (Lipinski definition) is 2. The van der Waals surface area contributed by atoms with Crippen LogP contribution < -0.4 is 11.2 Å². The predicted octanol–water partition coefficient (Wildman–Crippen LogP) is 8.17. The molecule has 0 aliphatic heterocycles. The van der Waals surface area contributed by atoms with E-state index in [1.54, 1.807) is 12.1 Å². The van der Waals surface area contributed by atoms with E-state index < -0.39 is 4.92 Å². The number of allylic oxidation sites excluding steroid dienone is 2. The number of hydrazone groups is 1. The molecule has 0 heterocycles. The number of carbonyl (C=O) groups is 1. The van der Waals surface area contributed by atoms with Crippen molar-refractivity contribution in [2.75, 3.05) is 11.2 Å². The van der Waals surface area contributed by atoms with Gasteiger partial charge in [0, 0.05) is 23.4 Å². The first-order valence-electron chi connectivity index (χ1n) is 15.1. The molecule has 1 aromatic carbocycles. The SMILES string of the molecule is CC(C)CCCC[C@H]1CCC2C(C/C=N/Nc3ccc(N)cc3[N+](=O)[O-])C([C@@]3(C)CCC=CC3=O)CC[C@@]21C. The lowest BCUT2D eigenvalue weighted by atomic mass is 9.50. The summed E-state index contributed by atoms with van der Waals surface area (Å²) in [5, 5.41) is 15.9. The number of nitro benzene ring substituents is 1. The molecule has 2 saturated carbocycles. The number of nitro groups is 1. The molecule has 3 unspecified atom stereocenters. The summed E-state index contributed by atoms with van der Waals surface area (Å²) >= 11 is 0. The Morgan fingerprint density at radius 2 is 1.97 bits per heavy atom. The third-order valence-corrected chi connectivity index (χ3v) is 10.6. The van der Waals surface area contributed by atoms with Gasteiger partial charge < -0.3 is 5.73 Å². The van der Waals surface area contributed by atoms with E-state index in [1.807, 2.05) is 18.4 Å². The van der Waals surface area contributed by atoms with Gasteiger partial charge in [0.15, 0.2) is 5.78 Å². The summed E-state index contributed by atoms with van der Waals surface area (Å²) in [5.41, 5.74) is 9.21. The maximum Gasteiger partial charge on any atom is 0.296 e. The maximum absolute atomic E-state index is 13.3. The topological polar surface area (TPSA) is 111 Å². The van der Waals surface area contributed by atoms with E-state index in [4.69, 9.17) is 5.73 Å². The molecule has 6 atom stereocenters. The zero-order chi connectivity index (χ0) is 28.2. The van der Waals surface area contributed by atoms with E-state index in [-0.39, 0.29) is 16.9 Å². The van der Waals surface area contributed by atoms with E-state index in [0.29, 0.717) is 34.5 Å². The molecular formula is C32H48N4O3. The summed E-state index contributed by atoms with van der Waals surface area (Å²) in [6.07, 6.45) is 18.4. The van der Waals surface area contributed by atoms with Crippen LogP contribution in [0.3, 0.4) is 0 Å². The number of unbranched alkanes of at least 4 members (excludes halogenated alkanes) is 1. The average molecular weight is 537 g/mol. The van der Waals surface area contributed by atoms with Crippen LogP contribution in [0.4, 0.5) is 17.1 Å². The Hall–Kier alpha value is -2.70. The molecule has 214 valence electrons. The van der Waals surface area contributed by atoms with Crippen LogP contribution >= 0.6 is 0 Å². The van der Waals surface area contributed by atoms with Crippen molar-refractivity contribution >= 4 is 29.1 Å². The van der Waals surface area contributed by atoms with Gasteiger partial charge in [-0.1, -0.05) is 53.0 Å². The highest BCUT2D eigenvalue weighted by Crippen LogP contribution is 2.63. The van der Waals surface area contributed by atoms with Crippen LogP contribution in [0, 0.1) is 50.5 Å². The lowest BCUT2D eigenvalue weighted by molar-refractivity contribution is -0.383. The van der Waals surface area contributed by atoms with Crippen molar-refractivity contribution in [3.05, 3.63) is 40.5 Å². The van der Waals surface area contributed by atoms with Gasteiger partial charge in [-0.05, 0) is 105 Å². The zero-order valence-corrected chi connectivity index (χ0v) is 24.3. The first-order chi connectivity index (χ1) is 18.6. The molecule has 4 rings (SSSR count). The monoisotopic (exact) mass is 536 g/mol. The fraction of sp³-hybridized carbons (Fsp3) is 0.688. The Bertz CT molecular complexity index is 1100. The highest BCUT2D eigenvalue weighted by Gasteiger charge is 2.57. The van der Waals surface area contributed by atoms with Gasteiger partial charge in [-0.3, -0.25) is 20.3 Å². The number of hydrogen-bond acceptors (Lipinski definition) is 6. The van der Waals surface area contributed by atoms with Crippen molar-refractivity contribution in [3.8, 4) is 0 Å². The van der Waals surface area contributed by atoms with Crippen molar-refractivity contribution in [2.45, 2.75) is 98.3 Å². The van der Waals surface area contributed by atoms with Crippen molar-refractivity contribution in [2.24, 2.45) is 45.5 Å². The molecule has 2 fully saturated rings. The number of nitrogen functional groups attached to an aromatic ring is 1. The van der Waals surface area contributed by atoms with E-state index in [9.17, 15) is 14.9 Å². The molecule has 3 aliphatic rings. The first kappa shape index (κ1) is 29.3. The van der Waals surface area contributed by atoms with Gasteiger partial charge in [0.25, 0.3) is 5.69 Å². The summed E-state index contributed by atoms with van der Waals surface area (Å²) < 4.78 is 0. The van der Waals surface area contributed by atoms with Gasteiger partial charge in [-0.15, -0.1) is 0 Å². The van der Waals surface area contributed by atoms with Crippen LogP contribution in [0.25, 0.3) is 0 Å². The second kappa shape index (κ2) is 12.2. The number of carbonyl (C=O) groups excluding carboxylic acids is 1. The van der Waals surface area contributed by atoms with Gasteiger partial charge in [-0.2, -0.15) is 5.10 Å². The normalized spacial score (nSPS) is 32.6. The van der Waals surface area contributed by atoms with Crippen LogP contribution in [-0.4, -0.2) is 16.9 Å². The summed E-state index contributed by atoms with van der Waals surface area (Å²) in [6, 6.07) is 4.58. The summed E-state index contributed by atoms with van der Waals surface area (Å²) in [5.74, 6) is 3.06. The third-order valence-electron chi connectivity index (χ3n) is 10.6. The van der Waals surface area contributed by atoms with Crippen LogP contribution in [0.15, 0.2) is 35.5 Å². The van der Waals surface area contributed by atoms with Gasteiger partial charge in [0.05, 0.1) is 4.92 Å². The predicted molar refractivity (Wildman–Crippen MR) is 160 cm³/mol. The molecule has 0 bridgehead atoms. The molecule has 7 heteroatoms. The Morgan fingerprint density at radius 3 is 2.69 bits per heavy atom. The molecule has 3 N–H and O–H groups in total. The minimum Gasteiger partial charge on any atom is -0.399 e. The number of nitrogens with two attached hydrogens (primary N) is 1. The maximum atomic E-state index is 13.3. The fourth-order valence-electron chi connectivity index (χ4n) is 8.27. The van der Waals surface area contributed by atoms with Gasteiger partial charge in [0.1, 0.15) is 5.69 Å². The first-order valence-corrected chi connectivity index (χ1v) is 15.1. The number of nitrogens with zero attached hydrogens (tertiary/aromatic N) is 2. The standard InChI is InChI=1S/C32H48N4O3/c1-22(2)9-5-6-10-23-12-14-26-25(17-20-34-35-28-15-13-24(33)21-29(28)36(38)39)27(16-19-31(23,26)3)32(4)18-8-7-11-30(32)37/h7,11,13,15,20-23,25-27,35H,5-6,8-10,12,14,16-19,33H2,1-4H3/b34-20+/t23-,25?,26?,27?,31+,32+/m0/s1. The molecule has 7 nitrogen and oxygen atoms in total. The van der Waals surface area contributed by atoms with Crippen molar-refractivity contribution < 1.29 is 9.72 Å². The lowest BCUT2D eigenvalue weighted by Gasteiger charge is -2.53. The van der Waals surface area contributed by atoms with Crippen LogP contribution in [0.2, 0.25) is 0 Å². The van der Waals surface area contributed by atoms with Crippen LogP contribution in [0.5, 0.6) is 0 Å². The molecule has 39 heavy (non-hydrogen) atoms. The lowest BCUT2D eigenvalue weighted by Crippen LogP contribution is -2.49. The fourth-order valence-corrected chi connectivity index (χ4v) is 8.27. The Kier molecular flexibility index (Phi) is 9.18. The van der Waals surface area contributed by atoms with Crippen molar-refractivity contribution in [3.63, 3.8) is 0 Å². The number of benzene rings is 1. The number of anilines is 2. The van der Waals surface area contributed by atoms with Gasteiger partial charge >= 0.3 is 0 Å². The summed E-state index contributed by atoms with van der Waals surface area (Å²) in [7, 11) is 0. The molecule has 0 saturated heterocycles. The summed E-state index contributed by atoms with van der Waals surface area (Å²) in [6.45, 7) is 9.34. The Morgan fingerprint density at radius 1 is 1.18 bits per heavy atom. The molecule has 0 amide bonds. The molecule has 3 aliphatic carbocycles. The van der Waals surface area contributed by atoms with E-state index in [2.05, 4.69) is 38.2 Å². The average Bonchev–Trinajstić information content (AvgIpc) is 3.22. The Balaban J connectivity index is 1.53. The number of nitrogens with one attached hydrogen (secondary N) is 1. The number of fused-ring (bicyclic) bond motifs is 1. The van der Waals surface area contributed by atoms with Crippen molar-refractivity contribution in [1.82, 2.24) is 0 Å². The minimum absolute atomic E-state index is 0.0847. The van der Waals surface area contributed by atoms with Crippen LogP contribution in [0.1, 0.15) is 98.3 Å². The van der Waals surface area contributed by atoms with E-state index in [0.717, 1.165) is 37.5 Å². The Labute approximate surface area is 234 Å². The number of rotatable bonds is 11. The zero-order valence-electron chi connectivity index (χ0n) is 24.3. The van der Waals surface area contributed by atoms with Gasteiger partial charge in [0.2, 0.25) is 0 Å².